The molecule has 0 atom stereocenters. The zero-order valence-corrected chi connectivity index (χ0v) is 15.1. The van der Waals surface area contributed by atoms with E-state index in [4.69, 9.17) is 4.74 Å². The molecule has 23 heavy (non-hydrogen) atoms. The lowest BCUT2D eigenvalue weighted by atomic mass is 10.1. The lowest BCUT2D eigenvalue weighted by molar-refractivity contribution is 0.0529. The van der Waals surface area contributed by atoms with E-state index in [1.54, 1.807) is 39.8 Å². The van der Waals surface area contributed by atoms with Crippen LogP contribution >= 0.6 is 0 Å². The van der Waals surface area contributed by atoms with Crippen molar-refractivity contribution in [3.8, 4) is 0 Å². The standard InChI is InChI=1S/C15H23N3O4S/c1-11-9-13(23(20,21)18(5)6)8-7-12(11)10-16-17-14(19)22-15(2,3)4/h7-10H,1-6H3,(H,17,19)/b16-10+. The van der Waals surface area contributed by atoms with Gasteiger partial charge in [0.1, 0.15) is 5.60 Å². The zero-order chi connectivity index (χ0) is 17.8. The van der Waals surface area contributed by atoms with E-state index in [0.29, 0.717) is 5.56 Å². The number of aryl methyl sites for hydroxylation is 1. The predicted molar refractivity (Wildman–Crippen MR) is 89.0 cm³/mol. The molecule has 0 radical (unpaired) electrons. The summed E-state index contributed by atoms with van der Waals surface area (Å²) in [6.45, 7) is 7.03. The van der Waals surface area contributed by atoms with Crippen LogP contribution in [-0.2, 0) is 14.8 Å². The highest BCUT2D eigenvalue weighted by atomic mass is 32.2. The van der Waals surface area contributed by atoms with E-state index in [1.807, 2.05) is 0 Å². The van der Waals surface area contributed by atoms with Crippen LogP contribution in [0.4, 0.5) is 4.79 Å². The third-order valence-electron chi connectivity index (χ3n) is 2.78. The maximum atomic E-state index is 12.1. The van der Waals surface area contributed by atoms with Crippen LogP contribution in [0, 0.1) is 6.92 Å². The molecule has 7 nitrogen and oxygen atoms in total. The minimum absolute atomic E-state index is 0.206. The van der Waals surface area contributed by atoms with E-state index in [0.717, 1.165) is 9.87 Å². The van der Waals surface area contributed by atoms with Crippen molar-refractivity contribution in [2.75, 3.05) is 14.1 Å². The van der Waals surface area contributed by atoms with Crippen LogP contribution in [0.25, 0.3) is 0 Å². The summed E-state index contributed by atoms with van der Waals surface area (Å²) in [4.78, 5) is 11.7. The van der Waals surface area contributed by atoms with Gasteiger partial charge in [-0.25, -0.2) is 22.9 Å². The van der Waals surface area contributed by atoms with E-state index >= 15 is 0 Å². The summed E-state index contributed by atoms with van der Waals surface area (Å²) in [5, 5.41) is 3.80. The lowest BCUT2D eigenvalue weighted by Crippen LogP contribution is -2.29. The third kappa shape index (κ3) is 5.65. The first-order valence-corrected chi connectivity index (χ1v) is 8.43. The van der Waals surface area contributed by atoms with E-state index in [2.05, 4.69) is 10.5 Å². The van der Waals surface area contributed by atoms with Crippen molar-refractivity contribution in [3.63, 3.8) is 0 Å². The highest BCUT2D eigenvalue weighted by molar-refractivity contribution is 7.89. The normalized spacial score (nSPS) is 12.7. The van der Waals surface area contributed by atoms with Gasteiger partial charge in [0.05, 0.1) is 11.1 Å². The molecule has 0 unspecified atom stereocenters. The monoisotopic (exact) mass is 341 g/mol. The van der Waals surface area contributed by atoms with Crippen LogP contribution in [0.3, 0.4) is 0 Å². The second kappa shape index (κ2) is 7.10. The third-order valence-corrected chi connectivity index (χ3v) is 4.59. The molecule has 0 spiro atoms. The number of ether oxygens (including phenoxy) is 1. The molecule has 0 aliphatic heterocycles. The molecule has 0 aliphatic carbocycles. The van der Waals surface area contributed by atoms with Gasteiger partial charge in [-0.05, 0) is 51.0 Å². The van der Waals surface area contributed by atoms with Gasteiger partial charge in [-0.2, -0.15) is 5.10 Å². The van der Waals surface area contributed by atoms with Crippen LogP contribution in [0.5, 0.6) is 0 Å². The first-order valence-electron chi connectivity index (χ1n) is 6.99. The predicted octanol–water partition coefficient (Wildman–Crippen LogP) is 2.10. The minimum Gasteiger partial charge on any atom is -0.443 e. The van der Waals surface area contributed by atoms with Gasteiger partial charge in [0.25, 0.3) is 0 Å². The Bertz CT molecular complexity index is 704. The van der Waals surface area contributed by atoms with Gasteiger partial charge in [-0.15, -0.1) is 0 Å². The Kier molecular flexibility index (Phi) is 5.90. The maximum absolute atomic E-state index is 12.1. The molecule has 8 heteroatoms. The molecule has 0 fully saturated rings. The summed E-state index contributed by atoms with van der Waals surface area (Å²) in [7, 11) is -0.517. The number of hydrazone groups is 1. The highest BCUT2D eigenvalue weighted by Gasteiger charge is 2.18. The molecule has 0 saturated heterocycles. The van der Waals surface area contributed by atoms with Gasteiger partial charge < -0.3 is 4.74 Å². The van der Waals surface area contributed by atoms with Crippen molar-refractivity contribution in [2.24, 2.45) is 5.10 Å². The quantitative estimate of drug-likeness (QED) is 0.671. The number of rotatable bonds is 4. The Balaban J connectivity index is 2.84. The number of hydrogen-bond acceptors (Lipinski definition) is 5. The largest absolute Gasteiger partial charge is 0.443 e. The van der Waals surface area contributed by atoms with Crippen LogP contribution in [0.2, 0.25) is 0 Å². The van der Waals surface area contributed by atoms with Crippen molar-refractivity contribution < 1.29 is 17.9 Å². The van der Waals surface area contributed by atoms with Crippen LogP contribution < -0.4 is 5.43 Å². The molecule has 0 saturated carbocycles. The summed E-state index contributed by atoms with van der Waals surface area (Å²) in [6.07, 6.45) is 0.781. The zero-order valence-electron chi connectivity index (χ0n) is 14.2. The number of benzene rings is 1. The molecule has 0 heterocycles. The number of amides is 1. The summed E-state index contributed by atoms with van der Waals surface area (Å²) < 4.78 is 30.3. The Hall–Kier alpha value is -1.93. The fourth-order valence-corrected chi connectivity index (χ4v) is 2.61. The first-order chi connectivity index (χ1) is 10.4. The van der Waals surface area contributed by atoms with Gasteiger partial charge >= 0.3 is 6.09 Å². The highest BCUT2D eigenvalue weighted by Crippen LogP contribution is 2.17. The van der Waals surface area contributed by atoms with Crippen molar-refractivity contribution in [3.05, 3.63) is 29.3 Å². The maximum Gasteiger partial charge on any atom is 0.428 e. The second-order valence-electron chi connectivity index (χ2n) is 6.18. The molecule has 1 amide bonds. The van der Waals surface area contributed by atoms with Crippen LogP contribution in [-0.4, -0.2) is 44.7 Å². The fourth-order valence-electron chi connectivity index (χ4n) is 1.62. The smallest absolute Gasteiger partial charge is 0.428 e. The molecule has 128 valence electrons. The summed E-state index contributed by atoms with van der Waals surface area (Å²) in [5.74, 6) is 0. The van der Waals surface area contributed by atoms with Crippen LogP contribution in [0.15, 0.2) is 28.2 Å². The molecule has 1 N–H and O–H groups in total. The average molecular weight is 341 g/mol. The van der Waals surface area contributed by atoms with E-state index < -0.39 is 21.7 Å². The summed E-state index contributed by atoms with van der Waals surface area (Å²) in [6, 6.07) is 4.69. The van der Waals surface area contributed by atoms with Crippen LogP contribution in [0.1, 0.15) is 31.9 Å². The number of carbonyl (C=O) groups excluding carboxylic acids is 1. The van der Waals surface area contributed by atoms with E-state index in [-0.39, 0.29) is 4.90 Å². The molecule has 1 aromatic carbocycles. The lowest BCUT2D eigenvalue weighted by Gasteiger charge is -2.18. The van der Waals surface area contributed by atoms with Crippen molar-refractivity contribution in [1.82, 2.24) is 9.73 Å². The summed E-state index contributed by atoms with van der Waals surface area (Å²) >= 11 is 0. The number of hydrogen-bond donors (Lipinski definition) is 1. The van der Waals surface area contributed by atoms with Crippen molar-refractivity contribution in [2.45, 2.75) is 38.2 Å². The van der Waals surface area contributed by atoms with Gasteiger partial charge in [0, 0.05) is 14.1 Å². The van der Waals surface area contributed by atoms with Crippen molar-refractivity contribution in [1.29, 1.82) is 0 Å². The fraction of sp³-hybridized carbons (Fsp3) is 0.467. The first kappa shape index (κ1) is 19.1. The minimum atomic E-state index is -3.47. The van der Waals surface area contributed by atoms with E-state index in [1.165, 1.54) is 26.4 Å². The topological polar surface area (TPSA) is 88.1 Å². The Morgan fingerprint density at radius 1 is 1.30 bits per heavy atom. The number of nitrogens with zero attached hydrogens (tertiary/aromatic N) is 2. The number of sulfonamides is 1. The van der Waals surface area contributed by atoms with Gasteiger partial charge in [0.15, 0.2) is 0 Å². The molecular weight excluding hydrogens is 318 g/mol. The van der Waals surface area contributed by atoms with Gasteiger partial charge in [0.2, 0.25) is 10.0 Å². The Labute approximate surface area is 137 Å². The molecule has 0 bridgehead atoms. The Morgan fingerprint density at radius 2 is 1.91 bits per heavy atom. The second-order valence-corrected chi connectivity index (χ2v) is 8.33. The van der Waals surface area contributed by atoms with Crippen molar-refractivity contribution >= 4 is 22.3 Å². The molecule has 1 rings (SSSR count). The number of carbonyl (C=O) groups is 1. The molecule has 0 aromatic heterocycles. The van der Waals surface area contributed by atoms with Gasteiger partial charge in [-0.3, -0.25) is 0 Å². The number of nitrogens with one attached hydrogen (secondary N) is 1. The van der Waals surface area contributed by atoms with E-state index in [9.17, 15) is 13.2 Å². The molecule has 1 aromatic rings. The Morgan fingerprint density at radius 3 is 2.39 bits per heavy atom. The molecule has 0 aliphatic rings. The van der Waals surface area contributed by atoms with Gasteiger partial charge in [-0.1, -0.05) is 6.07 Å². The average Bonchev–Trinajstić information content (AvgIpc) is 2.38. The molecular formula is C15H23N3O4S. The SMILES string of the molecule is Cc1cc(S(=O)(=O)N(C)C)ccc1/C=N/NC(=O)OC(C)(C)C. The summed E-state index contributed by atoms with van der Waals surface area (Å²) in [5.41, 5.74) is 3.08.